The molecular formula is C21H24FN3O4. The van der Waals surface area contributed by atoms with Gasteiger partial charge in [0.1, 0.15) is 17.6 Å². The first kappa shape index (κ1) is 20.9. The van der Waals surface area contributed by atoms with Crippen LogP contribution in [0, 0.1) is 5.82 Å². The number of rotatable bonds is 7. The van der Waals surface area contributed by atoms with Gasteiger partial charge in [-0.15, -0.1) is 0 Å². The zero-order valence-electron chi connectivity index (χ0n) is 15.9. The lowest BCUT2D eigenvalue weighted by Gasteiger charge is -2.35. The standard InChI is InChI=1S/C21H24FN3O4/c22-15-5-3-4-14(10-15)12-24-20(27)11-16-7-8-17(19(13-26)29-16)25-21(28)18-6-1-2-9-23-18/h1-6,9-10,16-17,19,26H,7-8,11-13H2,(H,24,27)(H,25,28)/t16-,17-,19+/m1/s1. The molecule has 1 saturated heterocycles. The van der Waals surface area contributed by atoms with Crippen LogP contribution < -0.4 is 10.6 Å². The van der Waals surface area contributed by atoms with E-state index < -0.39 is 6.10 Å². The SMILES string of the molecule is O=C(C[C@H]1CC[C@@H](NC(=O)c2ccccn2)[C@H](CO)O1)NCc1cccc(F)c1. The van der Waals surface area contributed by atoms with E-state index in [1.165, 1.54) is 18.3 Å². The van der Waals surface area contributed by atoms with Gasteiger partial charge in [0, 0.05) is 12.7 Å². The Morgan fingerprint density at radius 1 is 1.21 bits per heavy atom. The number of benzene rings is 1. The third-order valence-electron chi connectivity index (χ3n) is 4.80. The number of halogens is 1. The highest BCUT2D eigenvalue weighted by Gasteiger charge is 2.33. The summed E-state index contributed by atoms with van der Waals surface area (Å²) >= 11 is 0. The van der Waals surface area contributed by atoms with E-state index in [1.54, 1.807) is 30.3 Å². The van der Waals surface area contributed by atoms with E-state index in [0.29, 0.717) is 24.1 Å². The summed E-state index contributed by atoms with van der Waals surface area (Å²) in [6.45, 7) is -0.0376. The first-order valence-electron chi connectivity index (χ1n) is 9.54. The number of hydrogen-bond acceptors (Lipinski definition) is 5. The summed E-state index contributed by atoms with van der Waals surface area (Å²) in [5, 5.41) is 15.2. The van der Waals surface area contributed by atoms with Crippen molar-refractivity contribution in [2.45, 2.75) is 44.1 Å². The Balaban J connectivity index is 1.47. The van der Waals surface area contributed by atoms with Crippen molar-refractivity contribution in [3.05, 3.63) is 65.7 Å². The lowest BCUT2D eigenvalue weighted by Crippen LogP contribution is -2.51. The Morgan fingerprint density at radius 3 is 2.79 bits per heavy atom. The molecule has 154 valence electrons. The van der Waals surface area contributed by atoms with Gasteiger partial charge in [-0.1, -0.05) is 18.2 Å². The van der Waals surface area contributed by atoms with Crippen molar-refractivity contribution in [1.29, 1.82) is 0 Å². The number of amides is 2. The number of carbonyl (C=O) groups excluding carboxylic acids is 2. The van der Waals surface area contributed by atoms with Gasteiger partial charge in [-0.2, -0.15) is 0 Å². The van der Waals surface area contributed by atoms with Crippen molar-refractivity contribution < 1.29 is 23.8 Å². The van der Waals surface area contributed by atoms with Gasteiger partial charge >= 0.3 is 0 Å². The maximum Gasteiger partial charge on any atom is 0.270 e. The number of pyridine rings is 1. The van der Waals surface area contributed by atoms with E-state index in [2.05, 4.69) is 15.6 Å². The molecule has 29 heavy (non-hydrogen) atoms. The van der Waals surface area contributed by atoms with Crippen molar-refractivity contribution in [3.8, 4) is 0 Å². The van der Waals surface area contributed by atoms with Crippen LogP contribution in [0.1, 0.15) is 35.3 Å². The number of aromatic nitrogens is 1. The van der Waals surface area contributed by atoms with Gasteiger partial charge in [-0.3, -0.25) is 14.6 Å². The third-order valence-corrected chi connectivity index (χ3v) is 4.80. The molecule has 2 heterocycles. The van der Waals surface area contributed by atoms with E-state index in [9.17, 15) is 19.1 Å². The number of carbonyl (C=O) groups is 2. The Bertz CT molecular complexity index is 834. The van der Waals surface area contributed by atoms with Crippen LogP contribution in [0.25, 0.3) is 0 Å². The van der Waals surface area contributed by atoms with Crippen LogP contribution >= 0.6 is 0 Å². The second-order valence-corrected chi connectivity index (χ2v) is 6.96. The second kappa shape index (κ2) is 10.1. The average Bonchev–Trinajstić information content (AvgIpc) is 2.74. The molecule has 0 aliphatic carbocycles. The molecule has 3 N–H and O–H groups in total. The number of aliphatic hydroxyl groups is 1. The maximum absolute atomic E-state index is 13.2. The molecule has 8 heteroatoms. The lowest BCUT2D eigenvalue weighted by molar-refractivity contribution is -0.131. The lowest BCUT2D eigenvalue weighted by atomic mass is 9.96. The Morgan fingerprint density at radius 2 is 2.07 bits per heavy atom. The van der Waals surface area contributed by atoms with Crippen LogP contribution in [0.15, 0.2) is 48.7 Å². The largest absolute Gasteiger partial charge is 0.394 e. The minimum Gasteiger partial charge on any atom is -0.394 e. The quantitative estimate of drug-likeness (QED) is 0.654. The normalized spacial score (nSPS) is 21.4. The highest BCUT2D eigenvalue weighted by Crippen LogP contribution is 2.22. The minimum absolute atomic E-state index is 0.132. The van der Waals surface area contributed by atoms with Crippen LogP contribution in [0.4, 0.5) is 4.39 Å². The first-order valence-corrected chi connectivity index (χ1v) is 9.54. The molecule has 1 aliphatic rings. The van der Waals surface area contributed by atoms with Crippen LogP contribution in [-0.4, -0.2) is 46.8 Å². The summed E-state index contributed by atoms with van der Waals surface area (Å²) in [6, 6.07) is 10.7. The van der Waals surface area contributed by atoms with E-state index in [1.807, 2.05) is 0 Å². The van der Waals surface area contributed by atoms with Crippen LogP contribution in [0.5, 0.6) is 0 Å². The molecular weight excluding hydrogens is 377 g/mol. The minimum atomic E-state index is -0.600. The molecule has 1 fully saturated rings. The monoisotopic (exact) mass is 401 g/mol. The number of nitrogens with one attached hydrogen (secondary N) is 2. The molecule has 0 spiro atoms. The number of ether oxygens (including phenoxy) is 1. The predicted molar refractivity (Wildman–Crippen MR) is 103 cm³/mol. The Hall–Kier alpha value is -2.84. The molecule has 0 bridgehead atoms. The molecule has 0 radical (unpaired) electrons. The molecule has 3 rings (SSSR count). The van der Waals surface area contributed by atoms with Gasteiger partial charge < -0.3 is 20.5 Å². The molecule has 2 aromatic rings. The summed E-state index contributed by atoms with van der Waals surface area (Å²) in [4.78, 5) is 28.5. The van der Waals surface area contributed by atoms with Gasteiger partial charge in [0.15, 0.2) is 0 Å². The van der Waals surface area contributed by atoms with Crippen molar-refractivity contribution in [2.75, 3.05) is 6.61 Å². The van der Waals surface area contributed by atoms with Crippen molar-refractivity contribution >= 4 is 11.8 Å². The molecule has 7 nitrogen and oxygen atoms in total. The van der Waals surface area contributed by atoms with Crippen LogP contribution in [0.2, 0.25) is 0 Å². The third kappa shape index (κ3) is 6.07. The Labute approximate surface area is 168 Å². The second-order valence-electron chi connectivity index (χ2n) is 6.96. The molecule has 0 saturated carbocycles. The van der Waals surface area contributed by atoms with Gasteiger partial charge in [0.2, 0.25) is 5.91 Å². The maximum atomic E-state index is 13.2. The van der Waals surface area contributed by atoms with Gasteiger partial charge in [0.05, 0.1) is 25.2 Å². The van der Waals surface area contributed by atoms with Crippen molar-refractivity contribution in [2.24, 2.45) is 0 Å². The van der Waals surface area contributed by atoms with Crippen molar-refractivity contribution in [3.63, 3.8) is 0 Å². The zero-order chi connectivity index (χ0) is 20.6. The summed E-state index contributed by atoms with van der Waals surface area (Å²) in [7, 11) is 0. The molecule has 3 atom stereocenters. The Kier molecular flexibility index (Phi) is 7.26. The van der Waals surface area contributed by atoms with E-state index in [4.69, 9.17) is 4.74 Å². The fourth-order valence-electron chi connectivity index (χ4n) is 3.31. The molecule has 1 aromatic heterocycles. The fraction of sp³-hybridized carbons (Fsp3) is 0.381. The van der Waals surface area contributed by atoms with Crippen molar-refractivity contribution in [1.82, 2.24) is 15.6 Å². The number of hydrogen-bond donors (Lipinski definition) is 3. The van der Waals surface area contributed by atoms with E-state index in [0.717, 1.165) is 0 Å². The molecule has 1 aromatic carbocycles. The predicted octanol–water partition coefficient (Wildman–Crippen LogP) is 1.57. The number of nitrogens with zero attached hydrogens (tertiary/aromatic N) is 1. The highest BCUT2D eigenvalue weighted by atomic mass is 19.1. The highest BCUT2D eigenvalue weighted by molar-refractivity contribution is 5.92. The smallest absolute Gasteiger partial charge is 0.270 e. The zero-order valence-corrected chi connectivity index (χ0v) is 15.9. The summed E-state index contributed by atoms with van der Waals surface area (Å²) in [5.41, 5.74) is 0.969. The van der Waals surface area contributed by atoms with E-state index in [-0.39, 0.29) is 49.3 Å². The summed E-state index contributed by atoms with van der Waals surface area (Å²) in [6.07, 6.45) is 1.85. The van der Waals surface area contributed by atoms with Crippen LogP contribution in [0.3, 0.4) is 0 Å². The van der Waals surface area contributed by atoms with Gasteiger partial charge in [-0.25, -0.2) is 4.39 Å². The van der Waals surface area contributed by atoms with Gasteiger partial charge in [-0.05, 0) is 42.7 Å². The number of aliphatic hydroxyl groups excluding tert-OH is 1. The van der Waals surface area contributed by atoms with Gasteiger partial charge in [0.25, 0.3) is 5.91 Å². The summed E-state index contributed by atoms with van der Waals surface area (Å²) < 4.78 is 19.0. The van der Waals surface area contributed by atoms with Crippen LogP contribution in [-0.2, 0) is 16.1 Å². The van der Waals surface area contributed by atoms with E-state index >= 15 is 0 Å². The fourth-order valence-corrected chi connectivity index (χ4v) is 3.31. The average molecular weight is 401 g/mol. The first-order chi connectivity index (χ1) is 14.0. The molecule has 2 amide bonds. The topological polar surface area (TPSA) is 101 Å². The molecule has 1 aliphatic heterocycles. The summed E-state index contributed by atoms with van der Waals surface area (Å²) in [5.74, 6) is -0.896. The molecule has 0 unspecified atom stereocenters.